The van der Waals surface area contributed by atoms with Gasteiger partial charge in [-0.05, 0) is 64.2 Å². The summed E-state index contributed by atoms with van der Waals surface area (Å²) < 4.78 is 3.84. The van der Waals surface area contributed by atoms with Crippen LogP contribution in [-0.2, 0) is 13.0 Å². The number of carbonyl (C=O) groups is 1. The molecule has 0 aliphatic heterocycles. The van der Waals surface area contributed by atoms with Gasteiger partial charge in [-0.25, -0.2) is 14.6 Å². The number of ketones is 1. The average molecular weight is 466 g/mol. The molecule has 3 heterocycles. The van der Waals surface area contributed by atoms with E-state index < -0.39 is 0 Å². The Morgan fingerprint density at radius 3 is 2.49 bits per heavy atom. The molecule has 1 saturated carbocycles. The first-order valence-electron chi connectivity index (χ1n) is 11.8. The molecule has 0 unspecified atom stereocenters. The van der Waals surface area contributed by atoms with Gasteiger partial charge in [-0.15, -0.1) is 0 Å². The third kappa shape index (κ3) is 4.37. The number of hydrogen-bond donors (Lipinski definition) is 0. The minimum Gasteiger partial charge on any atom is -0.294 e. The number of aromatic nitrogens is 6. The van der Waals surface area contributed by atoms with Gasteiger partial charge in [-0.1, -0.05) is 12.1 Å². The zero-order valence-corrected chi connectivity index (χ0v) is 20.4. The minimum atomic E-state index is -0.00420. The third-order valence-corrected chi connectivity index (χ3v) is 6.65. The highest BCUT2D eigenvalue weighted by atomic mass is 16.1. The van der Waals surface area contributed by atoms with Gasteiger partial charge in [-0.2, -0.15) is 15.5 Å². The van der Waals surface area contributed by atoms with E-state index >= 15 is 0 Å². The van der Waals surface area contributed by atoms with Gasteiger partial charge in [-0.3, -0.25) is 9.48 Å². The van der Waals surface area contributed by atoms with E-state index in [1.165, 1.54) is 12.8 Å². The van der Waals surface area contributed by atoms with Crippen molar-refractivity contribution in [3.8, 4) is 23.1 Å². The summed E-state index contributed by atoms with van der Waals surface area (Å²) in [5, 5.41) is 18.7. The van der Waals surface area contributed by atoms with Crippen LogP contribution in [0, 0.1) is 38.0 Å². The number of nitriles is 1. The molecule has 176 valence electrons. The van der Waals surface area contributed by atoms with Gasteiger partial charge in [0.1, 0.15) is 6.33 Å². The third-order valence-electron chi connectivity index (χ3n) is 6.65. The molecule has 0 amide bonds. The molecule has 3 aromatic heterocycles. The van der Waals surface area contributed by atoms with Crippen LogP contribution in [0.15, 0.2) is 36.7 Å². The molecule has 0 bridgehead atoms. The van der Waals surface area contributed by atoms with Crippen molar-refractivity contribution in [1.29, 1.82) is 5.26 Å². The van der Waals surface area contributed by atoms with Crippen LogP contribution in [0.3, 0.4) is 0 Å². The molecule has 0 saturated heterocycles. The quantitative estimate of drug-likeness (QED) is 0.372. The second kappa shape index (κ2) is 8.91. The Bertz CT molecular complexity index is 1470. The molecule has 1 fully saturated rings. The van der Waals surface area contributed by atoms with E-state index in [0.29, 0.717) is 35.0 Å². The number of benzene rings is 1. The molecule has 1 aromatic carbocycles. The minimum absolute atomic E-state index is 0.00420. The van der Waals surface area contributed by atoms with E-state index in [9.17, 15) is 4.79 Å². The molecule has 4 aromatic rings. The second-order valence-electron chi connectivity index (χ2n) is 9.29. The molecule has 0 radical (unpaired) electrons. The summed E-state index contributed by atoms with van der Waals surface area (Å²) in [6.07, 6.45) is 4.63. The first-order chi connectivity index (χ1) is 16.9. The van der Waals surface area contributed by atoms with E-state index in [0.717, 1.165) is 40.4 Å². The van der Waals surface area contributed by atoms with Crippen LogP contribution in [0.2, 0.25) is 0 Å². The van der Waals surface area contributed by atoms with Gasteiger partial charge in [0.15, 0.2) is 11.6 Å². The van der Waals surface area contributed by atoms with Crippen molar-refractivity contribution in [2.75, 3.05) is 0 Å². The standard InChI is InChI=1S/C27H27N7O/c1-16-24(33(14-21-5-6-21)32-27(16)22-9-7-20(13-28)8-10-22)11-23-12-25(30-15-29-23)34-18(3)26(19(4)35)17(2)31-34/h7-10,12,15,21H,5-6,11,14H2,1-4H3. The summed E-state index contributed by atoms with van der Waals surface area (Å²) in [6.45, 7) is 8.28. The summed E-state index contributed by atoms with van der Waals surface area (Å²) in [6, 6.07) is 11.7. The maximum atomic E-state index is 12.1. The molecular weight excluding hydrogens is 438 g/mol. The van der Waals surface area contributed by atoms with Crippen LogP contribution < -0.4 is 0 Å². The zero-order chi connectivity index (χ0) is 24.7. The lowest BCUT2D eigenvalue weighted by atomic mass is 10.0. The lowest BCUT2D eigenvalue weighted by molar-refractivity contribution is 0.101. The van der Waals surface area contributed by atoms with Crippen LogP contribution in [0.25, 0.3) is 17.1 Å². The molecule has 35 heavy (non-hydrogen) atoms. The Labute approximate surface area is 204 Å². The molecule has 8 heteroatoms. The Kier molecular flexibility index (Phi) is 5.77. The van der Waals surface area contributed by atoms with Gasteiger partial charge in [0, 0.05) is 30.3 Å². The average Bonchev–Trinajstić information content (AvgIpc) is 3.55. The van der Waals surface area contributed by atoms with Crippen molar-refractivity contribution >= 4 is 5.78 Å². The molecule has 1 aliphatic rings. The summed E-state index contributed by atoms with van der Waals surface area (Å²) in [7, 11) is 0. The summed E-state index contributed by atoms with van der Waals surface area (Å²) >= 11 is 0. The topological polar surface area (TPSA) is 102 Å². The van der Waals surface area contributed by atoms with Gasteiger partial charge < -0.3 is 0 Å². The van der Waals surface area contributed by atoms with E-state index in [1.807, 2.05) is 44.2 Å². The fourth-order valence-corrected chi connectivity index (χ4v) is 4.63. The highest BCUT2D eigenvalue weighted by molar-refractivity contribution is 5.96. The predicted octanol–water partition coefficient (Wildman–Crippen LogP) is 4.53. The maximum Gasteiger partial charge on any atom is 0.163 e. The fourth-order valence-electron chi connectivity index (χ4n) is 4.63. The van der Waals surface area contributed by atoms with E-state index in [-0.39, 0.29) is 5.78 Å². The van der Waals surface area contributed by atoms with Gasteiger partial charge in [0.05, 0.1) is 40.0 Å². The Morgan fingerprint density at radius 2 is 1.86 bits per heavy atom. The SMILES string of the molecule is CC(=O)c1c(C)nn(-c2cc(Cc3c(C)c(-c4ccc(C#N)cc4)nn3CC3CC3)ncn2)c1C. The first-order valence-corrected chi connectivity index (χ1v) is 11.8. The number of carbonyl (C=O) groups excluding carboxylic acids is 1. The smallest absolute Gasteiger partial charge is 0.163 e. The molecule has 0 spiro atoms. The molecule has 0 N–H and O–H groups in total. The van der Waals surface area contributed by atoms with Crippen molar-refractivity contribution in [3.63, 3.8) is 0 Å². The van der Waals surface area contributed by atoms with Crippen LogP contribution in [0.4, 0.5) is 0 Å². The number of Topliss-reactive ketones (excluding diaryl/α,β-unsaturated/α-hetero) is 1. The molecule has 5 rings (SSSR count). The Hall–Kier alpha value is -4.12. The number of hydrogen-bond acceptors (Lipinski definition) is 6. The maximum absolute atomic E-state index is 12.1. The molecule has 8 nitrogen and oxygen atoms in total. The fraction of sp³-hybridized carbons (Fsp3) is 0.333. The van der Waals surface area contributed by atoms with Crippen molar-refractivity contribution in [1.82, 2.24) is 29.5 Å². The van der Waals surface area contributed by atoms with Crippen molar-refractivity contribution in [2.45, 2.75) is 53.5 Å². The van der Waals surface area contributed by atoms with Crippen LogP contribution in [0.5, 0.6) is 0 Å². The van der Waals surface area contributed by atoms with E-state index in [1.54, 1.807) is 17.9 Å². The summed E-state index contributed by atoms with van der Waals surface area (Å²) in [5.74, 6) is 1.30. The molecule has 1 aliphatic carbocycles. The highest BCUT2D eigenvalue weighted by Crippen LogP contribution is 2.33. The Morgan fingerprint density at radius 1 is 1.11 bits per heavy atom. The number of aryl methyl sites for hydroxylation is 1. The molecular formula is C27H27N7O. The lowest BCUT2D eigenvalue weighted by Crippen LogP contribution is -2.10. The second-order valence-corrected chi connectivity index (χ2v) is 9.29. The van der Waals surface area contributed by atoms with Crippen LogP contribution in [-0.4, -0.2) is 35.3 Å². The van der Waals surface area contributed by atoms with Crippen molar-refractivity contribution in [3.05, 3.63) is 76.1 Å². The van der Waals surface area contributed by atoms with E-state index in [4.69, 9.17) is 10.4 Å². The zero-order valence-electron chi connectivity index (χ0n) is 20.4. The van der Waals surface area contributed by atoms with Gasteiger partial charge in [0.2, 0.25) is 0 Å². The molecule has 0 atom stereocenters. The van der Waals surface area contributed by atoms with E-state index in [2.05, 4.69) is 32.7 Å². The lowest BCUT2D eigenvalue weighted by Gasteiger charge is -2.09. The van der Waals surface area contributed by atoms with Crippen LogP contribution in [0.1, 0.15) is 64.0 Å². The first kappa shape index (κ1) is 22.7. The van der Waals surface area contributed by atoms with Gasteiger partial charge in [0.25, 0.3) is 0 Å². The monoisotopic (exact) mass is 465 g/mol. The van der Waals surface area contributed by atoms with Crippen molar-refractivity contribution < 1.29 is 4.79 Å². The van der Waals surface area contributed by atoms with Crippen LogP contribution >= 0.6 is 0 Å². The largest absolute Gasteiger partial charge is 0.294 e. The highest BCUT2D eigenvalue weighted by Gasteiger charge is 2.26. The van der Waals surface area contributed by atoms with Gasteiger partial charge >= 0.3 is 0 Å². The number of nitrogens with zero attached hydrogens (tertiary/aromatic N) is 7. The number of rotatable bonds is 7. The Balaban J connectivity index is 1.51. The predicted molar refractivity (Wildman–Crippen MR) is 131 cm³/mol. The summed E-state index contributed by atoms with van der Waals surface area (Å²) in [4.78, 5) is 21.0. The van der Waals surface area contributed by atoms with Crippen molar-refractivity contribution in [2.24, 2.45) is 5.92 Å². The summed E-state index contributed by atoms with van der Waals surface area (Å²) in [5.41, 5.74) is 7.77. The normalized spacial score (nSPS) is 13.1.